The summed E-state index contributed by atoms with van der Waals surface area (Å²) in [4.78, 5) is 12.9. The van der Waals surface area contributed by atoms with Crippen LogP contribution in [0.4, 0.5) is 0 Å². The molecule has 3 aromatic rings. The van der Waals surface area contributed by atoms with E-state index in [1.165, 1.54) is 0 Å². The molecule has 2 aromatic heterocycles. The van der Waals surface area contributed by atoms with Crippen molar-refractivity contribution in [3.63, 3.8) is 0 Å². The van der Waals surface area contributed by atoms with E-state index in [1.54, 1.807) is 18.6 Å². The third kappa shape index (κ3) is 3.14. The minimum absolute atomic E-state index is 0.478. The van der Waals surface area contributed by atoms with Gasteiger partial charge in [-0.2, -0.15) is 0 Å². The second kappa shape index (κ2) is 6.28. The van der Waals surface area contributed by atoms with Gasteiger partial charge in [-0.05, 0) is 30.8 Å². The Morgan fingerprint density at radius 2 is 2.00 bits per heavy atom. The monoisotopic (exact) mass is 280 g/mol. The SMILES string of the molecule is CCNCc1cnc(Oc2cccc3ncccc23)cn1. The molecule has 0 aliphatic carbocycles. The molecular weight excluding hydrogens is 264 g/mol. The van der Waals surface area contributed by atoms with Crippen molar-refractivity contribution in [1.82, 2.24) is 20.3 Å². The van der Waals surface area contributed by atoms with E-state index in [4.69, 9.17) is 4.74 Å². The summed E-state index contributed by atoms with van der Waals surface area (Å²) in [5.74, 6) is 1.21. The number of pyridine rings is 1. The molecule has 0 aliphatic rings. The van der Waals surface area contributed by atoms with Crippen LogP contribution < -0.4 is 10.1 Å². The number of benzene rings is 1. The van der Waals surface area contributed by atoms with Crippen molar-refractivity contribution in [3.05, 3.63) is 54.6 Å². The Balaban J connectivity index is 1.82. The third-order valence-electron chi connectivity index (χ3n) is 3.06. The van der Waals surface area contributed by atoms with Crippen molar-refractivity contribution >= 4 is 10.9 Å². The van der Waals surface area contributed by atoms with E-state index in [-0.39, 0.29) is 0 Å². The first-order valence-corrected chi connectivity index (χ1v) is 6.90. The molecule has 0 amide bonds. The Kier molecular flexibility index (Phi) is 4.02. The molecule has 106 valence electrons. The van der Waals surface area contributed by atoms with Crippen LogP contribution in [-0.2, 0) is 6.54 Å². The Morgan fingerprint density at radius 3 is 2.81 bits per heavy atom. The van der Waals surface area contributed by atoms with Crippen molar-refractivity contribution < 1.29 is 4.74 Å². The molecule has 0 saturated carbocycles. The van der Waals surface area contributed by atoms with E-state index >= 15 is 0 Å². The molecule has 0 fully saturated rings. The van der Waals surface area contributed by atoms with Crippen molar-refractivity contribution in [2.45, 2.75) is 13.5 Å². The van der Waals surface area contributed by atoms with Gasteiger partial charge in [0.05, 0.1) is 23.6 Å². The first kappa shape index (κ1) is 13.5. The van der Waals surface area contributed by atoms with Gasteiger partial charge in [-0.15, -0.1) is 0 Å². The fraction of sp³-hybridized carbons (Fsp3) is 0.188. The van der Waals surface area contributed by atoms with Crippen LogP contribution in [0.2, 0.25) is 0 Å². The number of hydrogen-bond donors (Lipinski definition) is 1. The van der Waals surface area contributed by atoms with E-state index in [0.717, 1.165) is 28.9 Å². The molecule has 5 nitrogen and oxygen atoms in total. The zero-order valence-corrected chi connectivity index (χ0v) is 11.8. The molecule has 0 saturated heterocycles. The van der Waals surface area contributed by atoms with Crippen LogP contribution in [0.1, 0.15) is 12.6 Å². The highest BCUT2D eigenvalue weighted by molar-refractivity contribution is 5.85. The number of rotatable bonds is 5. The lowest BCUT2D eigenvalue weighted by atomic mass is 10.2. The number of nitrogens with one attached hydrogen (secondary N) is 1. The second-order valence-electron chi connectivity index (χ2n) is 4.55. The highest BCUT2D eigenvalue weighted by atomic mass is 16.5. The zero-order chi connectivity index (χ0) is 14.5. The van der Waals surface area contributed by atoms with Gasteiger partial charge in [-0.1, -0.05) is 13.0 Å². The molecule has 0 bridgehead atoms. The van der Waals surface area contributed by atoms with Crippen molar-refractivity contribution in [1.29, 1.82) is 0 Å². The quantitative estimate of drug-likeness (QED) is 0.778. The Morgan fingerprint density at radius 1 is 1.05 bits per heavy atom. The smallest absolute Gasteiger partial charge is 0.237 e. The summed E-state index contributed by atoms with van der Waals surface area (Å²) in [6.07, 6.45) is 5.13. The van der Waals surface area contributed by atoms with Crippen LogP contribution in [0.25, 0.3) is 10.9 Å². The van der Waals surface area contributed by atoms with E-state index in [1.807, 2.05) is 30.3 Å². The summed E-state index contributed by atoms with van der Waals surface area (Å²) in [7, 11) is 0. The van der Waals surface area contributed by atoms with Gasteiger partial charge in [0, 0.05) is 18.1 Å². The summed E-state index contributed by atoms with van der Waals surface area (Å²) in [6.45, 7) is 3.67. The van der Waals surface area contributed by atoms with Gasteiger partial charge in [-0.25, -0.2) is 4.98 Å². The first-order valence-electron chi connectivity index (χ1n) is 6.90. The molecular formula is C16H16N4O. The number of nitrogens with zero attached hydrogens (tertiary/aromatic N) is 3. The summed E-state index contributed by atoms with van der Waals surface area (Å²) in [5.41, 5.74) is 1.79. The predicted octanol–water partition coefficient (Wildman–Crippen LogP) is 2.93. The molecule has 1 N–H and O–H groups in total. The topological polar surface area (TPSA) is 59.9 Å². The van der Waals surface area contributed by atoms with E-state index in [2.05, 4.69) is 27.2 Å². The van der Waals surface area contributed by atoms with Gasteiger partial charge in [0.1, 0.15) is 5.75 Å². The second-order valence-corrected chi connectivity index (χ2v) is 4.55. The molecule has 21 heavy (non-hydrogen) atoms. The molecule has 0 aliphatic heterocycles. The maximum Gasteiger partial charge on any atom is 0.237 e. The minimum atomic E-state index is 0.478. The van der Waals surface area contributed by atoms with Crippen LogP contribution in [0.5, 0.6) is 11.6 Å². The maximum absolute atomic E-state index is 5.82. The Hall–Kier alpha value is -2.53. The normalized spacial score (nSPS) is 10.7. The molecule has 0 radical (unpaired) electrons. The highest BCUT2D eigenvalue weighted by Gasteiger charge is 2.05. The van der Waals surface area contributed by atoms with Crippen LogP contribution >= 0.6 is 0 Å². The lowest BCUT2D eigenvalue weighted by molar-refractivity contribution is 0.464. The van der Waals surface area contributed by atoms with Gasteiger partial charge >= 0.3 is 0 Å². The standard InChI is InChI=1S/C16H16N4O/c1-2-17-9-12-10-20-16(11-19-12)21-15-7-3-6-14-13(15)5-4-8-18-14/h3-8,10-11,17H,2,9H2,1H3. The van der Waals surface area contributed by atoms with Crippen molar-refractivity contribution in [2.24, 2.45) is 0 Å². The molecule has 0 spiro atoms. The van der Waals surface area contributed by atoms with Crippen molar-refractivity contribution in [2.75, 3.05) is 6.54 Å². The summed E-state index contributed by atoms with van der Waals surface area (Å²) in [5, 5.41) is 4.16. The number of ether oxygens (including phenoxy) is 1. The first-order chi connectivity index (χ1) is 10.4. The largest absolute Gasteiger partial charge is 0.437 e. The fourth-order valence-corrected chi connectivity index (χ4v) is 2.02. The van der Waals surface area contributed by atoms with E-state index in [0.29, 0.717) is 12.4 Å². The molecule has 5 heteroatoms. The van der Waals surface area contributed by atoms with Gasteiger partial charge in [0.25, 0.3) is 0 Å². The van der Waals surface area contributed by atoms with Gasteiger partial charge in [0.2, 0.25) is 5.88 Å². The number of hydrogen-bond acceptors (Lipinski definition) is 5. The lowest BCUT2D eigenvalue weighted by Crippen LogP contribution is -2.13. The average molecular weight is 280 g/mol. The molecule has 1 aromatic carbocycles. The fourth-order valence-electron chi connectivity index (χ4n) is 2.02. The molecule has 0 unspecified atom stereocenters. The molecule has 3 rings (SSSR count). The number of aromatic nitrogens is 3. The Labute approximate surface area is 123 Å². The van der Waals surface area contributed by atoms with Crippen LogP contribution in [0.15, 0.2) is 48.9 Å². The van der Waals surface area contributed by atoms with Crippen LogP contribution in [-0.4, -0.2) is 21.5 Å². The summed E-state index contributed by atoms with van der Waals surface area (Å²) < 4.78 is 5.82. The van der Waals surface area contributed by atoms with E-state index < -0.39 is 0 Å². The van der Waals surface area contributed by atoms with Crippen LogP contribution in [0.3, 0.4) is 0 Å². The molecule has 2 heterocycles. The highest BCUT2D eigenvalue weighted by Crippen LogP contribution is 2.27. The summed E-state index contributed by atoms with van der Waals surface area (Å²) >= 11 is 0. The maximum atomic E-state index is 5.82. The molecule has 0 atom stereocenters. The predicted molar refractivity (Wildman–Crippen MR) is 81.2 cm³/mol. The van der Waals surface area contributed by atoms with Crippen molar-refractivity contribution in [3.8, 4) is 11.6 Å². The summed E-state index contributed by atoms with van der Waals surface area (Å²) in [6, 6.07) is 9.63. The van der Waals surface area contributed by atoms with Gasteiger partial charge in [-0.3, -0.25) is 9.97 Å². The van der Waals surface area contributed by atoms with Gasteiger partial charge in [0.15, 0.2) is 0 Å². The lowest BCUT2D eigenvalue weighted by Gasteiger charge is -2.08. The van der Waals surface area contributed by atoms with Crippen LogP contribution in [0, 0.1) is 0 Å². The average Bonchev–Trinajstić information content (AvgIpc) is 2.55. The van der Waals surface area contributed by atoms with E-state index in [9.17, 15) is 0 Å². The third-order valence-corrected chi connectivity index (χ3v) is 3.06. The zero-order valence-electron chi connectivity index (χ0n) is 11.8. The minimum Gasteiger partial charge on any atom is -0.437 e. The number of fused-ring (bicyclic) bond motifs is 1. The van der Waals surface area contributed by atoms with Gasteiger partial charge < -0.3 is 10.1 Å². The Bertz CT molecular complexity index is 722.